The van der Waals surface area contributed by atoms with Crippen molar-refractivity contribution in [2.75, 3.05) is 7.11 Å². The van der Waals surface area contributed by atoms with E-state index in [9.17, 15) is 14.7 Å². The molecule has 2 N–H and O–H groups in total. The second kappa shape index (κ2) is 11.2. The standard InChI is InChI=1S/C31H36N4O5/c1-20-28(30(37)35(22-8-6-5-7-9-22)34(20)19-31(2,3)38)29(36)33-21-10-12-23(13-11-21)40-27-16-17-32-26-18-24(39-4)14-15-25(26)27/h5-9,14-18,21,23,38H,10-13,19H2,1-4H3,(H,33,36). The first kappa shape index (κ1) is 27.5. The number of fused-ring (bicyclic) bond motifs is 1. The minimum Gasteiger partial charge on any atom is -0.497 e. The van der Waals surface area contributed by atoms with Gasteiger partial charge in [0, 0.05) is 23.7 Å². The van der Waals surface area contributed by atoms with Crippen LogP contribution in [0.2, 0.25) is 0 Å². The number of hydrogen-bond acceptors (Lipinski definition) is 6. The molecule has 0 radical (unpaired) electrons. The summed E-state index contributed by atoms with van der Waals surface area (Å²) in [5.41, 5.74) is 0.593. The number of rotatable bonds is 8. The van der Waals surface area contributed by atoms with Gasteiger partial charge in [-0.3, -0.25) is 19.3 Å². The first-order valence-electron chi connectivity index (χ1n) is 13.6. The molecule has 1 amide bonds. The molecular weight excluding hydrogens is 508 g/mol. The average molecular weight is 545 g/mol. The second-order valence-electron chi connectivity index (χ2n) is 11.0. The highest BCUT2D eigenvalue weighted by Gasteiger charge is 2.30. The second-order valence-corrected chi connectivity index (χ2v) is 11.0. The maximum atomic E-state index is 13.5. The predicted molar refractivity (Wildman–Crippen MR) is 153 cm³/mol. The summed E-state index contributed by atoms with van der Waals surface area (Å²) in [7, 11) is 1.63. The number of hydrogen-bond donors (Lipinski definition) is 2. The smallest absolute Gasteiger partial charge is 0.284 e. The molecule has 0 saturated heterocycles. The third-order valence-electron chi connectivity index (χ3n) is 7.37. The molecule has 5 rings (SSSR count). The topological polar surface area (TPSA) is 108 Å². The number of para-hydroxylation sites is 1. The average Bonchev–Trinajstić information content (AvgIpc) is 3.17. The van der Waals surface area contributed by atoms with Gasteiger partial charge in [-0.25, -0.2) is 4.68 Å². The molecule has 0 bridgehead atoms. The summed E-state index contributed by atoms with van der Waals surface area (Å²) in [6, 6.07) is 16.7. The van der Waals surface area contributed by atoms with Gasteiger partial charge in [-0.15, -0.1) is 0 Å². The Morgan fingerprint density at radius 1 is 1.10 bits per heavy atom. The van der Waals surface area contributed by atoms with Crippen molar-refractivity contribution in [3.05, 3.63) is 82.4 Å². The number of aliphatic hydroxyl groups is 1. The van der Waals surface area contributed by atoms with Gasteiger partial charge < -0.3 is 19.9 Å². The van der Waals surface area contributed by atoms with Crippen LogP contribution in [0.3, 0.4) is 0 Å². The molecule has 1 aliphatic rings. The van der Waals surface area contributed by atoms with Crippen LogP contribution in [0.15, 0.2) is 65.6 Å². The third-order valence-corrected chi connectivity index (χ3v) is 7.37. The number of ether oxygens (including phenoxy) is 2. The number of aromatic nitrogens is 3. The number of methoxy groups -OCH3 is 1. The maximum Gasteiger partial charge on any atom is 0.284 e. The van der Waals surface area contributed by atoms with Crippen LogP contribution >= 0.6 is 0 Å². The fourth-order valence-electron chi connectivity index (χ4n) is 5.39. The van der Waals surface area contributed by atoms with Crippen LogP contribution in [0.5, 0.6) is 11.5 Å². The van der Waals surface area contributed by atoms with Crippen molar-refractivity contribution < 1.29 is 19.4 Å². The Kier molecular flexibility index (Phi) is 7.67. The SMILES string of the molecule is COc1ccc2c(OC3CCC(NC(=O)c4c(C)n(CC(C)(C)O)n(-c5ccccc5)c4=O)CC3)ccnc2c1. The fourth-order valence-corrected chi connectivity index (χ4v) is 5.39. The Morgan fingerprint density at radius 3 is 2.50 bits per heavy atom. The first-order chi connectivity index (χ1) is 19.1. The molecule has 9 heteroatoms. The lowest BCUT2D eigenvalue weighted by Gasteiger charge is -2.29. The summed E-state index contributed by atoms with van der Waals surface area (Å²) in [5.74, 6) is 1.14. The zero-order valence-electron chi connectivity index (χ0n) is 23.4. The van der Waals surface area contributed by atoms with Gasteiger partial charge in [-0.1, -0.05) is 18.2 Å². The Morgan fingerprint density at radius 2 is 1.82 bits per heavy atom. The van der Waals surface area contributed by atoms with E-state index >= 15 is 0 Å². The van der Waals surface area contributed by atoms with Gasteiger partial charge >= 0.3 is 0 Å². The molecule has 2 heterocycles. The van der Waals surface area contributed by atoms with Crippen molar-refractivity contribution in [1.29, 1.82) is 0 Å². The molecule has 0 spiro atoms. The number of benzene rings is 2. The van der Waals surface area contributed by atoms with Crippen LogP contribution in [0.25, 0.3) is 16.6 Å². The van der Waals surface area contributed by atoms with Crippen LogP contribution in [0.1, 0.15) is 55.6 Å². The summed E-state index contributed by atoms with van der Waals surface area (Å²) < 4.78 is 14.8. The highest BCUT2D eigenvalue weighted by Crippen LogP contribution is 2.31. The van der Waals surface area contributed by atoms with Crippen molar-refractivity contribution in [1.82, 2.24) is 19.7 Å². The Hall–Kier alpha value is -4.11. The third kappa shape index (κ3) is 5.74. The molecule has 0 atom stereocenters. The fraction of sp³-hybridized carbons (Fsp3) is 0.387. The molecule has 2 aromatic carbocycles. The van der Waals surface area contributed by atoms with Gasteiger partial charge in [0.25, 0.3) is 11.5 Å². The Labute approximate surface area is 233 Å². The molecule has 0 unspecified atom stereocenters. The normalized spacial score (nSPS) is 17.5. The lowest BCUT2D eigenvalue weighted by atomic mass is 9.92. The molecule has 1 fully saturated rings. The number of carbonyl (C=O) groups excluding carboxylic acids is 1. The molecule has 0 aliphatic heterocycles. The van der Waals surface area contributed by atoms with E-state index < -0.39 is 11.2 Å². The largest absolute Gasteiger partial charge is 0.497 e. The monoisotopic (exact) mass is 544 g/mol. The molecule has 40 heavy (non-hydrogen) atoms. The summed E-state index contributed by atoms with van der Waals surface area (Å²) in [4.78, 5) is 31.4. The van der Waals surface area contributed by atoms with E-state index in [1.807, 2.05) is 54.6 Å². The molecule has 210 valence electrons. The highest BCUT2D eigenvalue weighted by atomic mass is 16.5. The highest BCUT2D eigenvalue weighted by molar-refractivity contribution is 5.95. The molecule has 1 saturated carbocycles. The predicted octanol–water partition coefficient (Wildman–Crippen LogP) is 4.40. The molecule has 1 aliphatic carbocycles. The summed E-state index contributed by atoms with van der Waals surface area (Å²) in [5, 5.41) is 14.5. The molecule has 4 aromatic rings. The van der Waals surface area contributed by atoms with E-state index in [1.54, 1.807) is 38.8 Å². The van der Waals surface area contributed by atoms with Gasteiger partial charge in [0.2, 0.25) is 0 Å². The number of nitrogens with zero attached hydrogens (tertiary/aromatic N) is 3. The lowest BCUT2D eigenvalue weighted by molar-refractivity contribution is 0.0545. The lowest BCUT2D eigenvalue weighted by Crippen LogP contribution is -2.41. The van der Waals surface area contributed by atoms with Gasteiger partial charge in [0.05, 0.1) is 42.3 Å². The van der Waals surface area contributed by atoms with Crippen molar-refractivity contribution >= 4 is 16.8 Å². The van der Waals surface area contributed by atoms with Gasteiger partial charge in [0.1, 0.15) is 17.1 Å². The Balaban J connectivity index is 1.29. The molecular formula is C31H36N4O5. The maximum absolute atomic E-state index is 13.5. The van der Waals surface area contributed by atoms with Gasteiger partial charge in [-0.2, -0.15) is 0 Å². The van der Waals surface area contributed by atoms with E-state index in [-0.39, 0.29) is 30.2 Å². The number of amides is 1. The minimum atomic E-state index is -1.08. The number of pyridine rings is 1. The van der Waals surface area contributed by atoms with Crippen LogP contribution in [0.4, 0.5) is 0 Å². The van der Waals surface area contributed by atoms with E-state index in [2.05, 4.69) is 10.3 Å². The van der Waals surface area contributed by atoms with Crippen LogP contribution < -0.4 is 20.3 Å². The molecule has 9 nitrogen and oxygen atoms in total. The zero-order valence-corrected chi connectivity index (χ0v) is 23.4. The summed E-state index contributed by atoms with van der Waals surface area (Å²) >= 11 is 0. The van der Waals surface area contributed by atoms with Gasteiger partial charge in [-0.05, 0) is 76.8 Å². The number of nitrogens with one attached hydrogen (secondary N) is 1. The minimum absolute atomic E-state index is 0.0192. The van der Waals surface area contributed by atoms with Crippen molar-refractivity contribution in [3.8, 4) is 17.2 Å². The number of carbonyl (C=O) groups is 1. The zero-order chi connectivity index (χ0) is 28.4. The van der Waals surface area contributed by atoms with E-state index in [1.165, 1.54) is 4.68 Å². The quantitative estimate of drug-likeness (QED) is 0.341. The summed E-state index contributed by atoms with van der Waals surface area (Å²) in [6.07, 6.45) is 4.78. The first-order valence-corrected chi connectivity index (χ1v) is 13.6. The van der Waals surface area contributed by atoms with Crippen LogP contribution in [-0.4, -0.2) is 50.2 Å². The van der Waals surface area contributed by atoms with E-state index in [4.69, 9.17) is 9.47 Å². The van der Waals surface area contributed by atoms with Crippen LogP contribution in [-0.2, 0) is 6.54 Å². The molecule has 2 aromatic heterocycles. The van der Waals surface area contributed by atoms with Crippen molar-refractivity contribution in [2.24, 2.45) is 0 Å². The van der Waals surface area contributed by atoms with E-state index in [0.717, 1.165) is 48.1 Å². The van der Waals surface area contributed by atoms with Crippen molar-refractivity contribution in [3.63, 3.8) is 0 Å². The summed E-state index contributed by atoms with van der Waals surface area (Å²) in [6.45, 7) is 5.27. The Bertz CT molecular complexity index is 1560. The van der Waals surface area contributed by atoms with E-state index in [0.29, 0.717) is 11.4 Å². The van der Waals surface area contributed by atoms with Crippen LogP contribution in [0, 0.1) is 6.92 Å². The van der Waals surface area contributed by atoms with Crippen molar-refractivity contribution in [2.45, 2.75) is 70.7 Å². The van der Waals surface area contributed by atoms with Gasteiger partial charge in [0.15, 0.2) is 0 Å².